The molecule has 8 heteroatoms. The first-order valence-corrected chi connectivity index (χ1v) is 8.45. The maximum Gasteiger partial charge on any atom is 0.321 e. The van der Waals surface area contributed by atoms with E-state index in [2.05, 4.69) is 10.5 Å². The van der Waals surface area contributed by atoms with Crippen LogP contribution >= 0.6 is 11.6 Å². The fourth-order valence-electron chi connectivity index (χ4n) is 2.72. The molecule has 0 spiro atoms. The van der Waals surface area contributed by atoms with E-state index >= 15 is 0 Å². The van der Waals surface area contributed by atoms with Crippen LogP contribution in [0.3, 0.4) is 0 Å². The Bertz CT molecular complexity index is 777. The van der Waals surface area contributed by atoms with E-state index in [4.69, 9.17) is 16.1 Å². The number of rotatable bonds is 2. The monoisotopic (exact) mass is 362 g/mol. The molecular weight excluding hydrogens is 344 g/mol. The first kappa shape index (κ1) is 17.3. The van der Waals surface area contributed by atoms with Crippen LogP contribution in [0.4, 0.5) is 10.5 Å². The number of carbonyl (C=O) groups is 2. The van der Waals surface area contributed by atoms with Crippen LogP contribution in [0, 0.1) is 6.92 Å². The van der Waals surface area contributed by atoms with Gasteiger partial charge in [-0.3, -0.25) is 4.79 Å². The van der Waals surface area contributed by atoms with Gasteiger partial charge >= 0.3 is 6.03 Å². The molecule has 0 bridgehead atoms. The normalized spacial score (nSPS) is 15.0. The molecule has 7 nitrogen and oxygen atoms in total. The zero-order chi connectivity index (χ0) is 17.8. The second-order valence-electron chi connectivity index (χ2n) is 5.90. The van der Waals surface area contributed by atoms with E-state index in [1.54, 1.807) is 47.1 Å². The molecule has 0 unspecified atom stereocenters. The van der Waals surface area contributed by atoms with Crippen LogP contribution in [-0.2, 0) is 0 Å². The van der Waals surface area contributed by atoms with E-state index in [1.165, 1.54) is 0 Å². The van der Waals surface area contributed by atoms with Crippen molar-refractivity contribution >= 4 is 29.2 Å². The van der Waals surface area contributed by atoms with Gasteiger partial charge in [0.05, 0.1) is 0 Å². The Morgan fingerprint density at radius 2 is 1.92 bits per heavy atom. The van der Waals surface area contributed by atoms with Gasteiger partial charge in [0.2, 0.25) is 0 Å². The summed E-state index contributed by atoms with van der Waals surface area (Å²) in [5.41, 5.74) is 0.946. The van der Waals surface area contributed by atoms with E-state index in [0.717, 1.165) is 0 Å². The number of amides is 3. The third-order valence-electron chi connectivity index (χ3n) is 3.99. The summed E-state index contributed by atoms with van der Waals surface area (Å²) in [5.74, 6) is 0.426. The molecule has 1 aromatic heterocycles. The predicted octanol–water partition coefficient (Wildman–Crippen LogP) is 3.02. The molecule has 1 aliphatic heterocycles. The van der Waals surface area contributed by atoms with Crippen LogP contribution in [-0.4, -0.2) is 53.1 Å². The van der Waals surface area contributed by atoms with Gasteiger partial charge in [-0.05, 0) is 31.5 Å². The molecular formula is C17H19ClN4O3. The average Bonchev–Trinajstić information content (AvgIpc) is 2.87. The molecule has 2 aromatic rings. The zero-order valence-electron chi connectivity index (χ0n) is 13.9. The lowest BCUT2D eigenvalue weighted by Gasteiger charge is -2.22. The van der Waals surface area contributed by atoms with Crippen LogP contribution in [0.15, 0.2) is 34.9 Å². The Morgan fingerprint density at radius 3 is 2.64 bits per heavy atom. The Kier molecular flexibility index (Phi) is 5.23. The van der Waals surface area contributed by atoms with Gasteiger partial charge < -0.3 is 19.6 Å². The zero-order valence-corrected chi connectivity index (χ0v) is 14.6. The van der Waals surface area contributed by atoms with Gasteiger partial charge in [-0.25, -0.2) is 4.79 Å². The Morgan fingerprint density at radius 1 is 1.16 bits per heavy atom. The minimum atomic E-state index is -0.200. The van der Waals surface area contributed by atoms with E-state index in [1.807, 2.05) is 0 Å². The lowest BCUT2D eigenvalue weighted by molar-refractivity contribution is 0.0752. The molecule has 1 aromatic carbocycles. The summed E-state index contributed by atoms with van der Waals surface area (Å²) in [7, 11) is 0. The van der Waals surface area contributed by atoms with Crippen LogP contribution in [0.1, 0.15) is 22.7 Å². The number of anilines is 1. The number of nitrogens with zero attached hydrogens (tertiary/aromatic N) is 3. The first-order chi connectivity index (χ1) is 12.0. The fourth-order valence-corrected chi connectivity index (χ4v) is 2.91. The maximum absolute atomic E-state index is 12.4. The molecule has 0 radical (unpaired) electrons. The molecule has 1 fully saturated rings. The van der Waals surface area contributed by atoms with E-state index < -0.39 is 0 Å². The summed E-state index contributed by atoms with van der Waals surface area (Å²) in [5, 5.41) is 7.16. The van der Waals surface area contributed by atoms with Gasteiger partial charge in [0.1, 0.15) is 5.76 Å². The van der Waals surface area contributed by atoms with Crippen molar-refractivity contribution < 1.29 is 14.1 Å². The van der Waals surface area contributed by atoms with Crippen molar-refractivity contribution in [3.8, 4) is 0 Å². The lowest BCUT2D eigenvalue weighted by atomic mass is 10.3. The van der Waals surface area contributed by atoms with Crippen molar-refractivity contribution in [2.75, 3.05) is 31.5 Å². The number of carbonyl (C=O) groups excluding carboxylic acids is 2. The molecule has 0 atom stereocenters. The van der Waals surface area contributed by atoms with Gasteiger partial charge in [0.15, 0.2) is 5.69 Å². The van der Waals surface area contributed by atoms with Crippen molar-refractivity contribution in [3.05, 3.63) is 46.8 Å². The maximum atomic E-state index is 12.4. The number of urea groups is 1. The Balaban J connectivity index is 1.59. The first-order valence-electron chi connectivity index (χ1n) is 8.07. The van der Waals surface area contributed by atoms with Crippen LogP contribution in [0.2, 0.25) is 5.02 Å². The van der Waals surface area contributed by atoms with Crippen LogP contribution in [0.25, 0.3) is 0 Å². The molecule has 0 aliphatic carbocycles. The van der Waals surface area contributed by atoms with E-state index in [0.29, 0.717) is 54.8 Å². The van der Waals surface area contributed by atoms with Gasteiger partial charge in [-0.2, -0.15) is 0 Å². The second-order valence-corrected chi connectivity index (χ2v) is 6.33. The molecule has 1 aliphatic rings. The topological polar surface area (TPSA) is 78.7 Å². The minimum absolute atomic E-state index is 0.172. The van der Waals surface area contributed by atoms with E-state index in [-0.39, 0.29) is 11.9 Å². The van der Waals surface area contributed by atoms with Gasteiger partial charge in [0, 0.05) is 43.0 Å². The summed E-state index contributed by atoms with van der Waals surface area (Å²) >= 11 is 5.93. The fraction of sp³-hybridized carbons (Fsp3) is 0.353. The molecule has 25 heavy (non-hydrogen) atoms. The van der Waals surface area contributed by atoms with Crippen molar-refractivity contribution in [3.63, 3.8) is 0 Å². The molecule has 2 heterocycles. The standard InChI is InChI=1S/C17H19ClN4O3/c1-12-10-15(20-25-12)16(23)21-6-3-7-22(9-8-21)17(24)19-14-5-2-4-13(18)11-14/h2,4-5,10-11H,3,6-9H2,1H3,(H,19,24). The number of halogens is 1. The smallest absolute Gasteiger partial charge is 0.321 e. The molecule has 1 saturated heterocycles. The number of aromatic nitrogens is 1. The largest absolute Gasteiger partial charge is 0.361 e. The molecule has 3 amide bonds. The summed E-state index contributed by atoms with van der Waals surface area (Å²) in [6.07, 6.45) is 0.700. The van der Waals surface area contributed by atoms with Gasteiger partial charge in [0.25, 0.3) is 5.91 Å². The minimum Gasteiger partial charge on any atom is -0.361 e. The SMILES string of the molecule is Cc1cc(C(=O)N2CCCN(C(=O)Nc3cccc(Cl)c3)CC2)no1. The molecule has 0 saturated carbocycles. The number of nitrogens with one attached hydrogen (secondary N) is 1. The van der Waals surface area contributed by atoms with Gasteiger partial charge in [-0.15, -0.1) is 0 Å². The van der Waals surface area contributed by atoms with Crippen LogP contribution in [0.5, 0.6) is 0 Å². The number of hydrogen-bond donors (Lipinski definition) is 1. The lowest BCUT2D eigenvalue weighted by Crippen LogP contribution is -2.39. The highest BCUT2D eigenvalue weighted by molar-refractivity contribution is 6.30. The predicted molar refractivity (Wildman–Crippen MR) is 93.8 cm³/mol. The van der Waals surface area contributed by atoms with Crippen molar-refractivity contribution in [1.29, 1.82) is 0 Å². The Labute approximate surface area is 150 Å². The van der Waals surface area contributed by atoms with Gasteiger partial charge in [-0.1, -0.05) is 22.8 Å². The quantitative estimate of drug-likeness (QED) is 0.890. The molecule has 3 rings (SSSR count). The third-order valence-corrected chi connectivity index (χ3v) is 4.23. The average molecular weight is 363 g/mol. The molecule has 132 valence electrons. The molecule has 1 N–H and O–H groups in total. The number of benzene rings is 1. The highest BCUT2D eigenvalue weighted by atomic mass is 35.5. The third kappa shape index (κ3) is 4.30. The Hall–Kier alpha value is -2.54. The summed E-state index contributed by atoms with van der Waals surface area (Å²) in [4.78, 5) is 28.3. The summed E-state index contributed by atoms with van der Waals surface area (Å²) < 4.78 is 4.96. The second kappa shape index (κ2) is 7.57. The number of aryl methyl sites for hydroxylation is 1. The van der Waals surface area contributed by atoms with Crippen molar-refractivity contribution in [2.24, 2.45) is 0 Å². The van der Waals surface area contributed by atoms with Crippen LogP contribution < -0.4 is 5.32 Å². The summed E-state index contributed by atoms with van der Waals surface area (Å²) in [6.45, 7) is 3.80. The number of hydrogen-bond acceptors (Lipinski definition) is 4. The van der Waals surface area contributed by atoms with Crippen molar-refractivity contribution in [1.82, 2.24) is 15.0 Å². The highest BCUT2D eigenvalue weighted by Crippen LogP contribution is 2.16. The highest BCUT2D eigenvalue weighted by Gasteiger charge is 2.24. The van der Waals surface area contributed by atoms with E-state index in [9.17, 15) is 9.59 Å². The van der Waals surface area contributed by atoms with Crippen molar-refractivity contribution in [2.45, 2.75) is 13.3 Å². The summed E-state index contributed by atoms with van der Waals surface area (Å²) in [6, 6.07) is 8.42.